The first-order chi connectivity index (χ1) is 23.9. The van der Waals surface area contributed by atoms with E-state index in [0.717, 1.165) is 16.5 Å². The lowest BCUT2D eigenvalue weighted by molar-refractivity contribution is -0.189. The number of hydrogen-bond donors (Lipinski definition) is 5. The third-order valence-electron chi connectivity index (χ3n) is 8.79. The van der Waals surface area contributed by atoms with Crippen molar-refractivity contribution >= 4 is 42.7 Å². The summed E-state index contributed by atoms with van der Waals surface area (Å²) in [5.41, 5.74) is 3.50. The third kappa shape index (κ3) is 7.39. The number of carbonyl (C=O) groups is 4. The molecule has 2 fully saturated rings. The summed E-state index contributed by atoms with van der Waals surface area (Å²) in [5.74, 6) is -0.768. The van der Waals surface area contributed by atoms with E-state index in [9.17, 15) is 33.9 Å². The lowest BCUT2D eigenvalue weighted by Gasteiger charge is -2.55. The van der Waals surface area contributed by atoms with E-state index < -0.39 is 26.4 Å². The lowest BCUT2D eigenvalue weighted by atomic mass is 9.98. The maximum Gasteiger partial charge on any atom is 0.613 e. The summed E-state index contributed by atoms with van der Waals surface area (Å²) in [7, 11) is -4.53. The Morgan fingerprint density at radius 3 is 2.44 bits per heavy atom. The standard InChI is InChI=1S/C35H37N6O8P/c1-3-16-39-22-32(43)40-30(17-24-12-14-27(15-13-24)49-50(46,47)48)34(44)38(20-26-10-7-11-28-29(23(2)42)19-36-33(26)28)21-31(40)41(39)35(45)37-18-25-8-5-4-6-9-25/h3-15,19,30-31,46-48H,1,16-18,20-22H2,2H3,(H-,36,37,42,45)/p+1/t30-,31-/m0/s1. The van der Waals surface area contributed by atoms with Crippen molar-refractivity contribution in [3.8, 4) is 5.75 Å². The Balaban J connectivity index is 1.36. The summed E-state index contributed by atoms with van der Waals surface area (Å²) in [5, 5.41) is 6.81. The van der Waals surface area contributed by atoms with Crippen LogP contribution in [0.5, 0.6) is 5.75 Å². The van der Waals surface area contributed by atoms with E-state index in [1.54, 1.807) is 34.3 Å². The molecule has 0 saturated carbocycles. The molecule has 4 amide bonds. The molecule has 14 nitrogen and oxygen atoms in total. The Kier molecular flexibility index (Phi) is 10.0. The molecule has 0 radical (unpaired) electrons. The second-order valence-electron chi connectivity index (χ2n) is 12.2. The Morgan fingerprint density at radius 2 is 1.76 bits per heavy atom. The Bertz CT molecular complexity index is 1910. The molecule has 3 aromatic carbocycles. The minimum absolute atomic E-state index is 0.00316. The van der Waals surface area contributed by atoms with E-state index >= 15 is 0 Å². The first-order valence-corrected chi connectivity index (χ1v) is 17.5. The van der Waals surface area contributed by atoms with Gasteiger partial charge in [-0.1, -0.05) is 66.7 Å². The number of rotatable bonds is 11. The van der Waals surface area contributed by atoms with Crippen LogP contribution in [-0.2, 0) is 29.1 Å². The normalized spacial score (nSPS) is 18.3. The molecule has 1 aromatic heterocycles. The van der Waals surface area contributed by atoms with Gasteiger partial charge < -0.3 is 20.1 Å². The number of amides is 4. The van der Waals surface area contributed by atoms with Gasteiger partial charge in [-0.05, 0) is 35.7 Å². The molecule has 2 saturated heterocycles. The smallest absolute Gasteiger partial charge is 0.360 e. The monoisotopic (exact) mass is 701 g/mol. The van der Waals surface area contributed by atoms with Crippen molar-refractivity contribution in [3.05, 3.63) is 114 Å². The third-order valence-corrected chi connectivity index (χ3v) is 9.24. The lowest BCUT2D eigenvalue weighted by Crippen LogP contribution is -2.76. The molecule has 4 aromatic rings. The number of nitrogens with one attached hydrogen (secondary N) is 2. The number of fused-ring (bicyclic) bond motifs is 2. The van der Waals surface area contributed by atoms with Crippen molar-refractivity contribution in [2.24, 2.45) is 0 Å². The van der Waals surface area contributed by atoms with Crippen LogP contribution in [0.15, 0.2) is 91.6 Å². The van der Waals surface area contributed by atoms with Crippen LogP contribution in [0.1, 0.15) is 34.0 Å². The van der Waals surface area contributed by atoms with Crippen LogP contribution < -0.4 is 9.84 Å². The number of hydrazine groups is 1. The van der Waals surface area contributed by atoms with Gasteiger partial charge in [0.1, 0.15) is 12.2 Å². The van der Waals surface area contributed by atoms with Crippen molar-refractivity contribution in [1.29, 1.82) is 0 Å². The van der Waals surface area contributed by atoms with Crippen LogP contribution in [0.2, 0.25) is 0 Å². The highest BCUT2D eigenvalue weighted by Crippen LogP contribution is 2.46. The number of aromatic amines is 1. The quantitative estimate of drug-likeness (QED) is 0.0893. The van der Waals surface area contributed by atoms with Crippen molar-refractivity contribution in [2.75, 3.05) is 19.6 Å². The van der Waals surface area contributed by atoms with Gasteiger partial charge in [0.15, 0.2) is 11.5 Å². The molecule has 260 valence electrons. The van der Waals surface area contributed by atoms with Gasteiger partial charge in [-0.2, -0.15) is 14.7 Å². The van der Waals surface area contributed by atoms with Crippen LogP contribution in [-0.4, -0.2) is 95.0 Å². The number of aromatic nitrogens is 1. The Hall–Kier alpha value is -5.11. The molecule has 6 rings (SSSR count). The van der Waals surface area contributed by atoms with E-state index in [-0.39, 0.29) is 62.5 Å². The molecule has 50 heavy (non-hydrogen) atoms. The van der Waals surface area contributed by atoms with Gasteiger partial charge in [0.05, 0.1) is 18.6 Å². The van der Waals surface area contributed by atoms with E-state index in [1.165, 1.54) is 29.0 Å². The number of carbonyl (C=O) groups excluding carboxylic acids is 4. The summed E-state index contributed by atoms with van der Waals surface area (Å²) >= 11 is 0. The molecule has 15 heteroatoms. The largest absolute Gasteiger partial charge is 0.613 e. The van der Waals surface area contributed by atoms with E-state index in [0.29, 0.717) is 16.6 Å². The predicted octanol–water partition coefficient (Wildman–Crippen LogP) is 3.14. The fourth-order valence-electron chi connectivity index (χ4n) is 6.60. The number of para-hydroxylation sites is 1. The second kappa shape index (κ2) is 14.4. The number of piperazine rings is 1. The van der Waals surface area contributed by atoms with E-state index in [1.807, 2.05) is 48.5 Å². The zero-order valence-corrected chi connectivity index (χ0v) is 28.2. The van der Waals surface area contributed by atoms with Crippen molar-refractivity contribution in [2.45, 2.75) is 38.6 Å². The van der Waals surface area contributed by atoms with E-state index in [2.05, 4.69) is 16.9 Å². The number of H-pyrrole nitrogens is 1. The number of benzene rings is 3. The van der Waals surface area contributed by atoms with Gasteiger partial charge in [-0.3, -0.25) is 18.9 Å². The number of hydrogen-bond acceptors (Lipinski definition) is 9. The van der Waals surface area contributed by atoms with Gasteiger partial charge in [0.2, 0.25) is 11.8 Å². The van der Waals surface area contributed by atoms with Crippen LogP contribution in [0, 0.1) is 0 Å². The van der Waals surface area contributed by atoms with Crippen molar-refractivity contribution < 1.29 is 38.4 Å². The zero-order valence-electron chi connectivity index (χ0n) is 27.3. The summed E-state index contributed by atoms with van der Waals surface area (Å²) in [6.45, 7) is 5.73. The minimum Gasteiger partial charge on any atom is -0.360 e. The Morgan fingerprint density at radius 1 is 1.02 bits per heavy atom. The topological polar surface area (TPSA) is 179 Å². The van der Waals surface area contributed by atoms with Gasteiger partial charge in [0, 0.05) is 43.2 Å². The average Bonchev–Trinajstić information content (AvgIpc) is 3.52. The van der Waals surface area contributed by atoms with Crippen molar-refractivity contribution in [3.63, 3.8) is 0 Å². The summed E-state index contributed by atoms with van der Waals surface area (Å²) < 4.78 is 4.79. The molecule has 2 atom stereocenters. The first kappa shape index (κ1) is 34.7. The SMILES string of the molecule is C=CCN1CC(=O)N2[C@@H](Cc3ccc(O[P+](O)(O)O)cc3)C(=O)N(Cc3cccc4c(C(C)=O)c[nH]c34)C[C@@H]2N1C(=O)NCc1ccccc1. The summed E-state index contributed by atoms with van der Waals surface area (Å²) in [4.78, 5) is 88.8. The molecule has 0 spiro atoms. The minimum atomic E-state index is -4.53. The molecule has 2 aliphatic rings. The second-order valence-corrected chi connectivity index (χ2v) is 13.4. The van der Waals surface area contributed by atoms with Gasteiger partial charge in [-0.25, -0.2) is 14.8 Å². The highest BCUT2D eigenvalue weighted by Gasteiger charge is 2.51. The van der Waals surface area contributed by atoms with Gasteiger partial charge in [0.25, 0.3) is 0 Å². The van der Waals surface area contributed by atoms with Crippen LogP contribution >= 0.6 is 8.17 Å². The molecule has 2 aliphatic heterocycles. The zero-order chi connectivity index (χ0) is 35.6. The molecular weight excluding hydrogens is 663 g/mol. The molecule has 0 unspecified atom stereocenters. The molecular formula is C35H38N6O8P+. The molecule has 0 bridgehead atoms. The highest BCUT2D eigenvalue weighted by atomic mass is 31.2. The molecule has 3 heterocycles. The van der Waals surface area contributed by atoms with Gasteiger partial charge in [-0.15, -0.1) is 6.58 Å². The number of ketones is 1. The predicted molar refractivity (Wildman–Crippen MR) is 185 cm³/mol. The summed E-state index contributed by atoms with van der Waals surface area (Å²) in [6, 6.07) is 19.5. The fourth-order valence-corrected chi connectivity index (χ4v) is 7.00. The number of Topliss-reactive ketones (excluding diaryl/α,β-unsaturated/α-hetero) is 1. The molecule has 0 aliphatic carbocycles. The van der Waals surface area contributed by atoms with Crippen LogP contribution in [0.3, 0.4) is 0 Å². The highest BCUT2D eigenvalue weighted by molar-refractivity contribution is 7.53. The van der Waals surface area contributed by atoms with E-state index in [4.69, 9.17) is 4.52 Å². The van der Waals surface area contributed by atoms with Crippen molar-refractivity contribution in [1.82, 2.24) is 30.1 Å². The maximum absolute atomic E-state index is 14.4. The molecule has 5 N–H and O–H groups in total. The fraction of sp³-hybridized carbons (Fsp3) is 0.257. The van der Waals surface area contributed by atoms with Crippen LogP contribution in [0.25, 0.3) is 10.9 Å². The summed E-state index contributed by atoms with van der Waals surface area (Å²) in [6.07, 6.45) is 2.44. The maximum atomic E-state index is 14.4. The number of urea groups is 1. The Labute approximate surface area is 288 Å². The average molecular weight is 702 g/mol. The number of nitrogens with zero attached hydrogens (tertiary/aromatic N) is 4. The first-order valence-electron chi connectivity index (χ1n) is 16.0. The van der Waals surface area contributed by atoms with Gasteiger partial charge >= 0.3 is 14.2 Å². The van der Waals surface area contributed by atoms with Crippen LogP contribution in [0.4, 0.5) is 4.79 Å².